The maximum Gasteiger partial charge on any atom is 0.220 e. The number of rotatable bonds is 2. The largest absolute Gasteiger partial charge is 0.443 e. The standard InChI is InChI=1S/C8H11NO2/c10-5-8-9-4-7(11-8)6-2-1-3-6/h4,6,10H,1-3,5H2. The number of hydrogen-bond donors (Lipinski definition) is 1. The van der Waals surface area contributed by atoms with Gasteiger partial charge in [0.15, 0.2) is 0 Å². The number of oxazole rings is 1. The predicted molar refractivity (Wildman–Crippen MR) is 39.0 cm³/mol. The highest BCUT2D eigenvalue weighted by Gasteiger charge is 2.22. The molecule has 0 aliphatic heterocycles. The van der Waals surface area contributed by atoms with Gasteiger partial charge in [0.05, 0.1) is 6.20 Å². The molecule has 0 aromatic carbocycles. The molecule has 0 spiro atoms. The van der Waals surface area contributed by atoms with Gasteiger partial charge in [-0.15, -0.1) is 0 Å². The minimum absolute atomic E-state index is 0.0906. The first-order chi connectivity index (χ1) is 5.40. The number of aliphatic hydroxyl groups is 1. The molecule has 0 unspecified atom stereocenters. The maximum absolute atomic E-state index is 8.67. The molecule has 0 saturated heterocycles. The summed E-state index contributed by atoms with van der Waals surface area (Å²) in [6.07, 6.45) is 5.44. The molecule has 1 N–H and O–H groups in total. The van der Waals surface area contributed by atoms with Gasteiger partial charge in [-0.05, 0) is 12.8 Å². The Labute approximate surface area is 65.1 Å². The Morgan fingerprint density at radius 2 is 2.45 bits per heavy atom. The third-order valence-corrected chi connectivity index (χ3v) is 2.21. The fourth-order valence-electron chi connectivity index (χ4n) is 1.28. The summed E-state index contributed by atoms with van der Waals surface area (Å²) in [5, 5.41) is 8.67. The zero-order valence-corrected chi connectivity index (χ0v) is 6.29. The van der Waals surface area contributed by atoms with Crippen molar-refractivity contribution in [1.29, 1.82) is 0 Å². The third kappa shape index (κ3) is 1.16. The first kappa shape index (κ1) is 6.85. The lowest BCUT2D eigenvalue weighted by molar-refractivity contribution is 0.229. The van der Waals surface area contributed by atoms with Crippen molar-refractivity contribution in [2.24, 2.45) is 0 Å². The molecular formula is C8H11NO2. The van der Waals surface area contributed by atoms with Crippen molar-refractivity contribution in [3.63, 3.8) is 0 Å². The van der Waals surface area contributed by atoms with Crippen LogP contribution in [-0.2, 0) is 6.61 Å². The SMILES string of the molecule is OCc1ncc(C2CCC2)o1. The lowest BCUT2D eigenvalue weighted by Gasteiger charge is -2.22. The fourth-order valence-corrected chi connectivity index (χ4v) is 1.28. The number of aliphatic hydroxyl groups excluding tert-OH is 1. The van der Waals surface area contributed by atoms with Crippen LogP contribution in [0.2, 0.25) is 0 Å². The van der Waals surface area contributed by atoms with Gasteiger partial charge < -0.3 is 9.52 Å². The second-order valence-corrected chi connectivity index (χ2v) is 2.94. The Kier molecular flexibility index (Phi) is 1.66. The molecule has 1 saturated carbocycles. The van der Waals surface area contributed by atoms with Crippen LogP contribution in [0.5, 0.6) is 0 Å². The lowest BCUT2D eigenvalue weighted by atomic mass is 9.84. The smallest absolute Gasteiger partial charge is 0.220 e. The zero-order valence-electron chi connectivity index (χ0n) is 6.29. The van der Waals surface area contributed by atoms with E-state index in [4.69, 9.17) is 9.52 Å². The number of hydrogen-bond acceptors (Lipinski definition) is 3. The van der Waals surface area contributed by atoms with Gasteiger partial charge in [-0.2, -0.15) is 0 Å². The minimum Gasteiger partial charge on any atom is -0.443 e. The van der Waals surface area contributed by atoms with Gasteiger partial charge >= 0.3 is 0 Å². The molecule has 2 rings (SSSR count). The second-order valence-electron chi connectivity index (χ2n) is 2.94. The molecule has 1 aromatic heterocycles. The van der Waals surface area contributed by atoms with Gasteiger partial charge in [0.1, 0.15) is 12.4 Å². The van der Waals surface area contributed by atoms with Gasteiger partial charge in [-0.1, -0.05) is 6.42 Å². The molecule has 3 heteroatoms. The van der Waals surface area contributed by atoms with Crippen molar-refractivity contribution in [2.75, 3.05) is 0 Å². The summed E-state index contributed by atoms with van der Waals surface area (Å²) in [6, 6.07) is 0. The van der Waals surface area contributed by atoms with Gasteiger partial charge in [-0.3, -0.25) is 0 Å². The van der Waals surface area contributed by atoms with Crippen LogP contribution >= 0.6 is 0 Å². The summed E-state index contributed by atoms with van der Waals surface area (Å²) >= 11 is 0. The van der Waals surface area contributed by atoms with Crippen molar-refractivity contribution in [2.45, 2.75) is 31.8 Å². The molecule has 1 aromatic rings. The molecule has 0 radical (unpaired) electrons. The molecule has 0 amide bonds. The lowest BCUT2D eigenvalue weighted by Crippen LogP contribution is -2.07. The minimum atomic E-state index is -0.0906. The highest BCUT2D eigenvalue weighted by atomic mass is 16.4. The Hall–Kier alpha value is -0.830. The van der Waals surface area contributed by atoms with E-state index in [1.807, 2.05) is 0 Å². The third-order valence-electron chi connectivity index (χ3n) is 2.21. The molecule has 3 nitrogen and oxygen atoms in total. The average molecular weight is 153 g/mol. The summed E-state index contributed by atoms with van der Waals surface area (Å²) in [4.78, 5) is 3.92. The molecular weight excluding hydrogens is 142 g/mol. The van der Waals surface area contributed by atoms with Crippen LogP contribution in [0.4, 0.5) is 0 Å². The van der Waals surface area contributed by atoms with Crippen LogP contribution in [0.1, 0.15) is 36.8 Å². The van der Waals surface area contributed by atoms with Crippen LogP contribution in [0.25, 0.3) is 0 Å². The monoisotopic (exact) mass is 153 g/mol. The maximum atomic E-state index is 8.67. The summed E-state index contributed by atoms with van der Waals surface area (Å²) in [5.74, 6) is 1.95. The second kappa shape index (κ2) is 2.66. The van der Waals surface area contributed by atoms with Crippen LogP contribution in [-0.4, -0.2) is 10.1 Å². The van der Waals surface area contributed by atoms with Crippen LogP contribution in [0, 0.1) is 0 Å². The van der Waals surface area contributed by atoms with E-state index in [9.17, 15) is 0 Å². The predicted octanol–water partition coefficient (Wildman–Crippen LogP) is 1.43. The Morgan fingerprint density at radius 3 is 2.91 bits per heavy atom. The topological polar surface area (TPSA) is 46.3 Å². The molecule has 60 valence electrons. The molecule has 1 aliphatic carbocycles. The van der Waals surface area contributed by atoms with Crippen molar-refractivity contribution in [3.05, 3.63) is 17.8 Å². The Morgan fingerprint density at radius 1 is 1.64 bits per heavy atom. The highest BCUT2D eigenvalue weighted by Crippen LogP contribution is 2.36. The first-order valence-corrected chi connectivity index (χ1v) is 3.95. The fraction of sp³-hybridized carbons (Fsp3) is 0.625. The van der Waals surface area contributed by atoms with Crippen LogP contribution in [0.15, 0.2) is 10.6 Å². The Balaban J connectivity index is 2.11. The molecule has 1 aliphatic rings. The van der Waals surface area contributed by atoms with E-state index in [-0.39, 0.29) is 6.61 Å². The molecule has 1 fully saturated rings. The van der Waals surface area contributed by atoms with Crippen molar-refractivity contribution in [3.8, 4) is 0 Å². The van der Waals surface area contributed by atoms with Crippen molar-refractivity contribution < 1.29 is 9.52 Å². The van der Waals surface area contributed by atoms with E-state index in [1.54, 1.807) is 6.20 Å². The van der Waals surface area contributed by atoms with Gasteiger partial charge in [-0.25, -0.2) is 4.98 Å². The van der Waals surface area contributed by atoms with Gasteiger partial charge in [0.25, 0.3) is 0 Å². The number of aromatic nitrogens is 1. The zero-order chi connectivity index (χ0) is 7.68. The molecule has 11 heavy (non-hydrogen) atoms. The van der Waals surface area contributed by atoms with Crippen molar-refractivity contribution in [1.82, 2.24) is 4.98 Å². The summed E-state index contributed by atoms with van der Waals surface area (Å²) in [5.41, 5.74) is 0. The van der Waals surface area contributed by atoms with E-state index >= 15 is 0 Å². The summed E-state index contributed by atoms with van der Waals surface area (Å²) < 4.78 is 5.28. The molecule has 0 atom stereocenters. The molecule has 0 bridgehead atoms. The molecule has 1 heterocycles. The van der Waals surface area contributed by atoms with E-state index in [0.717, 1.165) is 5.76 Å². The Bertz CT molecular complexity index is 240. The number of nitrogens with zero attached hydrogens (tertiary/aromatic N) is 1. The highest BCUT2D eigenvalue weighted by molar-refractivity contribution is 5.04. The van der Waals surface area contributed by atoms with Gasteiger partial charge in [0.2, 0.25) is 5.89 Å². The van der Waals surface area contributed by atoms with Crippen LogP contribution < -0.4 is 0 Å². The van der Waals surface area contributed by atoms with Gasteiger partial charge in [0, 0.05) is 5.92 Å². The van der Waals surface area contributed by atoms with Crippen molar-refractivity contribution >= 4 is 0 Å². The van der Waals surface area contributed by atoms with E-state index in [1.165, 1.54) is 19.3 Å². The summed E-state index contributed by atoms with van der Waals surface area (Å²) in [6.45, 7) is -0.0906. The summed E-state index contributed by atoms with van der Waals surface area (Å²) in [7, 11) is 0. The average Bonchev–Trinajstić information content (AvgIpc) is 2.32. The van der Waals surface area contributed by atoms with Crippen LogP contribution in [0.3, 0.4) is 0 Å². The quantitative estimate of drug-likeness (QED) is 0.699. The van der Waals surface area contributed by atoms with E-state index in [0.29, 0.717) is 11.8 Å². The van der Waals surface area contributed by atoms with E-state index < -0.39 is 0 Å². The normalized spacial score (nSPS) is 18.3. The first-order valence-electron chi connectivity index (χ1n) is 3.95. The van der Waals surface area contributed by atoms with E-state index in [2.05, 4.69) is 4.98 Å².